The van der Waals surface area contributed by atoms with Crippen LogP contribution in [0.3, 0.4) is 0 Å². The molecule has 0 aliphatic heterocycles. The van der Waals surface area contributed by atoms with Crippen LogP contribution in [-0.2, 0) is 13.2 Å². The third kappa shape index (κ3) is 5.21. The van der Waals surface area contributed by atoms with Gasteiger partial charge in [0.2, 0.25) is 11.8 Å². The van der Waals surface area contributed by atoms with Crippen LogP contribution in [0.5, 0.6) is 11.5 Å². The summed E-state index contributed by atoms with van der Waals surface area (Å²) in [6, 6.07) is 15.2. The summed E-state index contributed by atoms with van der Waals surface area (Å²) in [5.41, 5.74) is 3.34. The summed E-state index contributed by atoms with van der Waals surface area (Å²) >= 11 is 0. The largest absolute Gasteiger partial charge is 0.497 e. The lowest BCUT2D eigenvalue weighted by molar-refractivity contribution is 0.301. The predicted molar refractivity (Wildman–Crippen MR) is 124 cm³/mol. The Kier molecular flexibility index (Phi) is 6.15. The summed E-state index contributed by atoms with van der Waals surface area (Å²) in [6.45, 7) is 0.792. The molecule has 34 heavy (non-hydrogen) atoms. The van der Waals surface area contributed by atoms with E-state index in [0.717, 1.165) is 22.6 Å². The summed E-state index contributed by atoms with van der Waals surface area (Å²) in [7, 11) is 1.64. The van der Waals surface area contributed by atoms with Gasteiger partial charge < -0.3 is 18.3 Å². The first-order chi connectivity index (χ1) is 16.7. The molecule has 0 saturated heterocycles. The quantitative estimate of drug-likeness (QED) is 0.314. The highest BCUT2D eigenvalue weighted by atomic mass is 16.5. The fourth-order valence-electron chi connectivity index (χ4n) is 3.19. The molecule has 0 amide bonds. The maximum Gasteiger partial charge on any atom is 0.226 e. The van der Waals surface area contributed by atoms with Crippen LogP contribution < -0.4 is 9.47 Å². The zero-order valence-corrected chi connectivity index (χ0v) is 18.4. The molecule has 9 nitrogen and oxygen atoms in total. The molecule has 3 aromatic heterocycles. The topological polar surface area (TPSA) is 101 Å². The molecule has 0 aliphatic carbocycles. The molecule has 0 saturated carbocycles. The maximum absolute atomic E-state index is 5.83. The average Bonchev–Trinajstić information content (AvgIpc) is 3.65. The first-order valence-corrected chi connectivity index (χ1v) is 10.5. The zero-order valence-electron chi connectivity index (χ0n) is 18.4. The van der Waals surface area contributed by atoms with E-state index in [0.29, 0.717) is 36.4 Å². The number of oxazole rings is 2. The lowest BCUT2D eigenvalue weighted by Crippen LogP contribution is -2.00. The molecular weight excluding hydrogens is 434 g/mol. The lowest BCUT2D eigenvalue weighted by atomic mass is 10.2. The second kappa shape index (κ2) is 9.86. The molecule has 0 bridgehead atoms. The van der Waals surface area contributed by atoms with E-state index in [-0.39, 0.29) is 0 Å². The van der Waals surface area contributed by atoms with Crippen molar-refractivity contribution >= 4 is 12.2 Å². The van der Waals surface area contributed by atoms with Gasteiger partial charge in [0.05, 0.1) is 19.9 Å². The molecule has 0 fully saturated rings. The van der Waals surface area contributed by atoms with Crippen molar-refractivity contribution in [2.24, 2.45) is 0 Å². The van der Waals surface area contributed by atoms with Crippen LogP contribution in [0.4, 0.5) is 0 Å². The molecule has 5 rings (SSSR count). The van der Waals surface area contributed by atoms with Crippen LogP contribution in [0, 0.1) is 0 Å². The molecule has 0 aliphatic rings. The minimum Gasteiger partial charge on any atom is -0.497 e. The smallest absolute Gasteiger partial charge is 0.226 e. The third-order valence-electron chi connectivity index (χ3n) is 4.94. The molecule has 0 N–H and O–H groups in total. The van der Waals surface area contributed by atoms with Crippen molar-refractivity contribution in [2.75, 3.05) is 7.11 Å². The molecule has 9 heteroatoms. The summed E-state index contributed by atoms with van der Waals surface area (Å²) in [4.78, 5) is 8.93. The summed E-state index contributed by atoms with van der Waals surface area (Å²) in [6.07, 6.45) is 10.3. The Balaban J connectivity index is 1.15. The van der Waals surface area contributed by atoms with E-state index < -0.39 is 0 Å². The van der Waals surface area contributed by atoms with E-state index in [4.69, 9.17) is 18.3 Å². The Morgan fingerprint density at radius 2 is 1.68 bits per heavy atom. The molecule has 0 radical (unpaired) electrons. The second-order valence-corrected chi connectivity index (χ2v) is 7.34. The molecule has 0 unspecified atom stereocenters. The molecule has 3 heterocycles. The van der Waals surface area contributed by atoms with Gasteiger partial charge in [-0.05, 0) is 48.0 Å². The number of aromatic nitrogens is 5. The number of hydrogen-bond acceptors (Lipinski definition) is 8. The maximum atomic E-state index is 5.83. The summed E-state index contributed by atoms with van der Waals surface area (Å²) in [5.74, 6) is 2.56. The minimum atomic E-state index is 0.292. The number of nitrogens with zero attached hydrogens (tertiary/aromatic N) is 5. The highest BCUT2D eigenvalue weighted by molar-refractivity contribution is 5.66. The monoisotopic (exact) mass is 455 g/mol. The van der Waals surface area contributed by atoms with Gasteiger partial charge in [0.15, 0.2) is 0 Å². The SMILES string of the molecule is COc1ccc(/C=C/c2nc(COc3ccc(-c4nc(Cn5ccnn5)co4)cc3)co2)cc1. The Hall–Kier alpha value is -4.66. The van der Waals surface area contributed by atoms with E-state index in [9.17, 15) is 0 Å². The summed E-state index contributed by atoms with van der Waals surface area (Å²) < 4.78 is 23.8. The third-order valence-corrected chi connectivity index (χ3v) is 4.94. The summed E-state index contributed by atoms with van der Waals surface area (Å²) in [5, 5.41) is 7.71. The van der Waals surface area contributed by atoms with Gasteiger partial charge in [-0.3, -0.25) is 0 Å². The standard InChI is InChI=1S/C25H21N5O4/c1-31-22-7-2-18(3-8-22)4-11-24-27-21(17-33-24)16-32-23-9-5-19(6-10-23)25-28-20(15-34-25)14-30-13-12-26-29-30/h2-13,15,17H,14,16H2,1H3/b11-4+. The Bertz CT molecular complexity index is 1350. The molecule has 0 atom stereocenters. The molecule has 2 aromatic carbocycles. The van der Waals surface area contributed by atoms with Crippen LogP contribution >= 0.6 is 0 Å². The van der Waals surface area contributed by atoms with Crippen LogP contribution in [-0.4, -0.2) is 32.1 Å². The van der Waals surface area contributed by atoms with Gasteiger partial charge in [-0.15, -0.1) is 5.10 Å². The van der Waals surface area contributed by atoms with Gasteiger partial charge in [-0.2, -0.15) is 0 Å². The van der Waals surface area contributed by atoms with Crippen molar-refractivity contribution in [1.29, 1.82) is 0 Å². The minimum absolute atomic E-state index is 0.292. The number of benzene rings is 2. The van der Waals surface area contributed by atoms with Crippen molar-refractivity contribution in [1.82, 2.24) is 25.0 Å². The van der Waals surface area contributed by atoms with E-state index >= 15 is 0 Å². The number of ether oxygens (including phenoxy) is 2. The van der Waals surface area contributed by atoms with Crippen LogP contribution in [0.25, 0.3) is 23.6 Å². The van der Waals surface area contributed by atoms with E-state index in [1.165, 1.54) is 0 Å². The van der Waals surface area contributed by atoms with Gasteiger partial charge in [0.1, 0.15) is 42.0 Å². The molecule has 5 aromatic rings. The van der Waals surface area contributed by atoms with Crippen molar-refractivity contribution in [2.45, 2.75) is 13.2 Å². The van der Waals surface area contributed by atoms with E-state index in [1.54, 1.807) is 36.7 Å². The first kappa shape index (κ1) is 21.2. The van der Waals surface area contributed by atoms with E-state index in [2.05, 4.69) is 20.3 Å². The van der Waals surface area contributed by atoms with Crippen LogP contribution in [0.2, 0.25) is 0 Å². The molecule has 0 spiro atoms. The highest BCUT2D eigenvalue weighted by Crippen LogP contribution is 2.23. The van der Waals surface area contributed by atoms with Gasteiger partial charge in [0.25, 0.3) is 0 Å². The first-order valence-electron chi connectivity index (χ1n) is 10.5. The fourth-order valence-corrected chi connectivity index (χ4v) is 3.19. The van der Waals surface area contributed by atoms with Gasteiger partial charge in [-0.25, -0.2) is 14.6 Å². The van der Waals surface area contributed by atoms with Crippen molar-refractivity contribution in [3.63, 3.8) is 0 Å². The number of hydrogen-bond donors (Lipinski definition) is 0. The normalized spacial score (nSPS) is 11.2. The van der Waals surface area contributed by atoms with Crippen molar-refractivity contribution in [3.8, 4) is 23.0 Å². The number of rotatable bonds is 9. The zero-order chi connectivity index (χ0) is 23.2. The van der Waals surface area contributed by atoms with Gasteiger partial charge in [-0.1, -0.05) is 17.3 Å². The lowest BCUT2D eigenvalue weighted by Gasteiger charge is -2.04. The van der Waals surface area contributed by atoms with Gasteiger partial charge in [0, 0.05) is 17.8 Å². The predicted octanol–water partition coefficient (Wildman–Crippen LogP) is 4.73. The van der Waals surface area contributed by atoms with Crippen molar-refractivity contribution < 1.29 is 18.3 Å². The fraction of sp³-hybridized carbons (Fsp3) is 0.120. The Morgan fingerprint density at radius 1 is 0.882 bits per heavy atom. The van der Waals surface area contributed by atoms with Crippen molar-refractivity contribution in [3.05, 3.63) is 96.3 Å². The van der Waals surface area contributed by atoms with Crippen LogP contribution in [0.15, 0.2) is 82.3 Å². The second-order valence-electron chi connectivity index (χ2n) is 7.34. The Morgan fingerprint density at radius 3 is 2.44 bits per heavy atom. The highest BCUT2D eigenvalue weighted by Gasteiger charge is 2.09. The average molecular weight is 455 g/mol. The molecule has 170 valence electrons. The van der Waals surface area contributed by atoms with Crippen LogP contribution in [0.1, 0.15) is 22.8 Å². The van der Waals surface area contributed by atoms with E-state index in [1.807, 2.05) is 60.7 Å². The van der Waals surface area contributed by atoms with Gasteiger partial charge >= 0.3 is 0 Å². The number of methoxy groups -OCH3 is 1. The Labute approximate surface area is 195 Å². The molecular formula is C25H21N5O4.